The molecule has 2 aromatic carbocycles. The molecule has 1 heterocycles. The Kier molecular flexibility index (Phi) is 5.29. The van der Waals surface area contributed by atoms with Crippen LogP contribution in [0.25, 0.3) is 0 Å². The maximum Gasteiger partial charge on any atom is 0.261 e. The van der Waals surface area contributed by atoms with Crippen LogP contribution in [0.1, 0.15) is 16.1 Å². The zero-order valence-corrected chi connectivity index (χ0v) is 15.0. The molecule has 0 unspecified atom stereocenters. The van der Waals surface area contributed by atoms with Gasteiger partial charge >= 0.3 is 0 Å². The second-order valence-electron chi connectivity index (χ2n) is 5.38. The summed E-state index contributed by atoms with van der Waals surface area (Å²) in [6.07, 6.45) is 1.52. The molecule has 0 saturated carbocycles. The first-order valence-electron chi connectivity index (χ1n) is 7.64. The second-order valence-corrected chi connectivity index (χ2v) is 7.46. The zero-order chi connectivity index (χ0) is 18.6. The van der Waals surface area contributed by atoms with Crippen molar-refractivity contribution in [2.45, 2.75) is 11.4 Å². The minimum atomic E-state index is -3.72. The van der Waals surface area contributed by atoms with E-state index in [-0.39, 0.29) is 33.6 Å². The number of hydrogen-bond acceptors (Lipinski definition) is 4. The highest BCUT2D eigenvalue weighted by atomic mass is 35.5. The summed E-state index contributed by atoms with van der Waals surface area (Å²) in [4.78, 5) is 12.3. The Morgan fingerprint density at radius 3 is 2.46 bits per heavy atom. The Bertz CT molecular complexity index is 1000. The van der Waals surface area contributed by atoms with E-state index in [2.05, 4.69) is 10.0 Å². The van der Waals surface area contributed by atoms with Crippen molar-refractivity contribution in [3.05, 3.63) is 83.3 Å². The predicted molar refractivity (Wildman–Crippen MR) is 98.6 cm³/mol. The Morgan fingerprint density at radius 1 is 1.04 bits per heavy atom. The van der Waals surface area contributed by atoms with E-state index in [0.717, 1.165) is 0 Å². The lowest BCUT2D eigenvalue weighted by Crippen LogP contribution is -2.23. The predicted octanol–water partition coefficient (Wildman–Crippen LogP) is 3.66. The number of nitrogens with one attached hydrogen (secondary N) is 2. The summed E-state index contributed by atoms with van der Waals surface area (Å²) in [6, 6.07) is 15.8. The fourth-order valence-corrected chi connectivity index (χ4v) is 3.59. The zero-order valence-electron chi connectivity index (χ0n) is 13.5. The van der Waals surface area contributed by atoms with Crippen LogP contribution >= 0.6 is 11.6 Å². The largest absolute Gasteiger partial charge is 0.467 e. The third-order valence-corrected chi connectivity index (χ3v) is 5.23. The van der Waals surface area contributed by atoms with Crippen LogP contribution in [0.2, 0.25) is 5.02 Å². The van der Waals surface area contributed by atoms with Gasteiger partial charge in [0.25, 0.3) is 15.9 Å². The van der Waals surface area contributed by atoms with E-state index >= 15 is 0 Å². The number of sulfonamides is 1. The summed E-state index contributed by atoms with van der Waals surface area (Å²) >= 11 is 6.14. The first kappa shape index (κ1) is 18.0. The lowest BCUT2D eigenvalue weighted by molar-refractivity contribution is 0.0948. The Hall–Kier alpha value is -2.77. The fourth-order valence-electron chi connectivity index (χ4n) is 2.25. The number of amides is 1. The molecule has 3 aromatic rings. The summed E-state index contributed by atoms with van der Waals surface area (Å²) in [6.45, 7) is 0.227. The quantitative estimate of drug-likeness (QED) is 0.672. The molecule has 0 fully saturated rings. The van der Waals surface area contributed by atoms with E-state index in [1.54, 1.807) is 30.3 Å². The van der Waals surface area contributed by atoms with Crippen molar-refractivity contribution in [3.8, 4) is 0 Å². The van der Waals surface area contributed by atoms with Crippen molar-refractivity contribution < 1.29 is 17.6 Å². The van der Waals surface area contributed by atoms with E-state index in [9.17, 15) is 13.2 Å². The number of halogens is 1. The minimum Gasteiger partial charge on any atom is -0.467 e. The van der Waals surface area contributed by atoms with Gasteiger partial charge in [-0.15, -0.1) is 0 Å². The molecule has 0 aliphatic heterocycles. The molecular weight excluding hydrogens is 376 g/mol. The monoisotopic (exact) mass is 390 g/mol. The third-order valence-electron chi connectivity index (χ3n) is 3.52. The van der Waals surface area contributed by atoms with Crippen LogP contribution in [0, 0.1) is 0 Å². The Labute approximate surface area is 155 Å². The average molecular weight is 391 g/mol. The molecule has 3 rings (SSSR count). The lowest BCUT2D eigenvalue weighted by Gasteiger charge is -2.10. The van der Waals surface area contributed by atoms with Gasteiger partial charge in [-0.1, -0.05) is 29.8 Å². The Morgan fingerprint density at radius 2 is 1.81 bits per heavy atom. The van der Waals surface area contributed by atoms with Crippen LogP contribution in [-0.4, -0.2) is 14.3 Å². The van der Waals surface area contributed by atoms with Gasteiger partial charge in [0.15, 0.2) is 0 Å². The van der Waals surface area contributed by atoms with Crippen LogP contribution in [0.3, 0.4) is 0 Å². The van der Waals surface area contributed by atoms with Gasteiger partial charge in [0.2, 0.25) is 0 Å². The van der Waals surface area contributed by atoms with Crippen molar-refractivity contribution in [1.82, 2.24) is 5.32 Å². The normalized spacial score (nSPS) is 11.1. The van der Waals surface area contributed by atoms with Gasteiger partial charge in [0.1, 0.15) is 5.76 Å². The maximum atomic E-state index is 12.3. The van der Waals surface area contributed by atoms with E-state index in [4.69, 9.17) is 16.0 Å². The van der Waals surface area contributed by atoms with Gasteiger partial charge in [0.05, 0.1) is 34.0 Å². The van der Waals surface area contributed by atoms with Crippen LogP contribution in [-0.2, 0) is 16.6 Å². The average Bonchev–Trinajstić information content (AvgIpc) is 3.14. The van der Waals surface area contributed by atoms with Gasteiger partial charge in [-0.05, 0) is 42.5 Å². The highest BCUT2D eigenvalue weighted by molar-refractivity contribution is 7.92. The van der Waals surface area contributed by atoms with E-state index in [1.807, 2.05) is 0 Å². The van der Waals surface area contributed by atoms with Gasteiger partial charge in [0, 0.05) is 0 Å². The van der Waals surface area contributed by atoms with Crippen molar-refractivity contribution in [2.24, 2.45) is 0 Å². The molecule has 0 saturated heterocycles. The molecule has 1 aromatic heterocycles. The summed E-state index contributed by atoms with van der Waals surface area (Å²) in [7, 11) is -3.72. The Balaban J connectivity index is 1.72. The number of hydrogen-bond donors (Lipinski definition) is 2. The number of carbonyl (C=O) groups is 1. The van der Waals surface area contributed by atoms with E-state index < -0.39 is 10.0 Å². The van der Waals surface area contributed by atoms with E-state index in [0.29, 0.717) is 5.76 Å². The highest BCUT2D eigenvalue weighted by Gasteiger charge is 2.16. The topological polar surface area (TPSA) is 88.4 Å². The second kappa shape index (κ2) is 7.63. The number of furan rings is 1. The van der Waals surface area contributed by atoms with Crippen LogP contribution in [0.4, 0.5) is 5.69 Å². The number of benzene rings is 2. The molecule has 0 atom stereocenters. The number of anilines is 1. The number of carbonyl (C=O) groups excluding carboxylic acids is 1. The van der Waals surface area contributed by atoms with Crippen molar-refractivity contribution in [1.29, 1.82) is 0 Å². The van der Waals surface area contributed by atoms with Crippen LogP contribution < -0.4 is 10.0 Å². The molecular formula is C18H15ClN2O4S. The highest BCUT2D eigenvalue weighted by Crippen LogP contribution is 2.23. The fraction of sp³-hybridized carbons (Fsp3) is 0.0556. The van der Waals surface area contributed by atoms with E-state index in [1.165, 1.54) is 36.6 Å². The van der Waals surface area contributed by atoms with Gasteiger partial charge in [-0.25, -0.2) is 8.42 Å². The molecule has 6 nitrogen and oxygen atoms in total. The maximum absolute atomic E-state index is 12.3. The molecule has 1 amide bonds. The SMILES string of the molecule is O=C(NCc1ccco1)c1ccc(NS(=O)(=O)c2ccccc2)cc1Cl. The summed E-state index contributed by atoms with van der Waals surface area (Å²) in [5.74, 6) is 0.227. The molecule has 0 aliphatic rings. The minimum absolute atomic E-state index is 0.134. The first-order valence-corrected chi connectivity index (χ1v) is 9.50. The molecule has 0 radical (unpaired) electrons. The molecule has 0 aliphatic carbocycles. The summed E-state index contributed by atoms with van der Waals surface area (Å²) in [5, 5.41) is 2.81. The van der Waals surface area contributed by atoms with Crippen LogP contribution in [0.5, 0.6) is 0 Å². The van der Waals surface area contributed by atoms with Crippen molar-refractivity contribution >= 4 is 33.2 Å². The summed E-state index contributed by atoms with van der Waals surface area (Å²) in [5.41, 5.74) is 0.502. The number of rotatable bonds is 6. The molecule has 26 heavy (non-hydrogen) atoms. The third kappa shape index (κ3) is 4.25. The molecule has 8 heteroatoms. The van der Waals surface area contributed by atoms with Crippen molar-refractivity contribution in [3.63, 3.8) is 0 Å². The van der Waals surface area contributed by atoms with Gasteiger partial charge < -0.3 is 9.73 Å². The molecule has 0 spiro atoms. The smallest absolute Gasteiger partial charge is 0.261 e. The van der Waals surface area contributed by atoms with Gasteiger partial charge in [-0.2, -0.15) is 0 Å². The van der Waals surface area contributed by atoms with Gasteiger partial charge in [-0.3, -0.25) is 9.52 Å². The molecule has 0 bridgehead atoms. The first-order chi connectivity index (χ1) is 12.5. The lowest BCUT2D eigenvalue weighted by atomic mass is 10.2. The molecule has 2 N–H and O–H groups in total. The summed E-state index contributed by atoms with van der Waals surface area (Å²) < 4.78 is 32.2. The van der Waals surface area contributed by atoms with Crippen molar-refractivity contribution in [2.75, 3.05) is 4.72 Å². The standard InChI is InChI=1S/C18H15ClN2O4S/c19-17-11-13(21-26(23,24)15-6-2-1-3-7-15)8-9-16(17)18(22)20-12-14-5-4-10-25-14/h1-11,21H,12H2,(H,20,22). The molecule has 134 valence electrons. The van der Waals surface area contributed by atoms with Crippen LogP contribution in [0.15, 0.2) is 76.2 Å².